The Hall–Kier alpha value is -0.940. The average molecular weight is 212 g/mol. The topological polar surface area (TPSA) is 58.6 Å². The molecule has 2 heterocycles. The molecule has 0 spiro atoms. The van der Waals surface area contributed by atoms with Crippen LogP contribution in [0.4, 0.5) is 0 Å². The number of nitrogens with one attached hydrogen (secondary N) is 1. The quantitative estimate of drug-likeness (QED) is 0.639. The van der Waals surface area contributed by atoms with Crippen molar-refractivity contribution in [2.24, 2.45) is 5.92 Å². The van der Waals surface area contributed by atoms with E-state index in [4.69, 9.17) is 4.74 Å². The van der Waals surface area contributed by atoms with Gasteiger partial charge in [-0.1, -0.05) is 0 Å². The molecule has 0 aromatic carbocycles. The van der Waals surface area contributed by atoms with Crippen LogP contribution >= 0.6 is 0 Å². The summed E-state index contributed by atoms with van der Waals surface area (Å²) in [4.78, 5) is 24.9. The molecule has 3 unspecified atom stereocenters. The molecule has 1 N–H and O–H groups in total. The zero-order chi connectivity index (χ0) is 11.0. The van der Waals surface area contributed by atoms with Gasteiger partial charge in [0.2, 0.25) is 5.91 Å². The number of hydrogen-bond donors (Lipinski definition) is 1. The van der Waals surface area contributed by atoms with Gasteiger partial charge in [-0.15, -0.1) is 0 Å². The first-order chi connectivity index (χ1) is 7.15. The number of Topliss-reactive ketones (excluding diaryl/α,β-unsaturated/α-hetero) is 1. The highest BCUT2D eigenvalue weighted by Gasteiger charge is 2.44. The maximum Gasteiger partial charge on any atom is 0.238 e. The first-order valence-electron chi connectivity index (χ1n) is 5.26. The van der Waals surface area contributed by atoms with Crippen LogP contribution in [0.5, 0.6) is 0 Å². The third-order valence-corrected chi connectivity index (χ3v) is 3.16. The van der Waals surface area contributed by atoms with Gasteiger partial charge < -0.3 is 15.0 Å². The zero-order valence-electron chi connectivity index (χ0n) is 9.03. The van der Waals surface area contributed by atoms with E-state index in [0.717, 1.165) is 12.8 Å². The largest absolute Gasteiger partial charge is 0.357 e. The van der Waals surface area contributed by atoms with E-state index in [1.54, 1.807) is 4.90 Å². The minimum absolute atomic E-state index is 0.0182. The van der Waals surface area contributed by atoms with Crippen molar-refractivity contribution < 1.29 is 14.3 Å². The van der Waals surface area contributed by atoms with Gasteiger partial charge in [0.25, 0.3) is 0 Å². The Morgan fingerprint density at radius 3 is 2.87 bits per heavy atom. The second-order valence-electron chi connectivity index (χ2n) is 4.08. The van der Waals surface area contributed by atoms with Crippen molar-refractivity contribution in [2.75, 3.05) is 13.7 Å². The SMILES string of the molecule is CNC1CCC2OCC(C(C)=O)C(=O)N12. The van der Waals surface area contributed by atoms with E-state index in [1.807, 2.05) is 7.05 Å². The van der Waals surface area contributed by atoms with Crippen LogP contribution in [0.25, 0.3) is 0 Å². The Labute approximate surface area is 88.8 Å². The molecule has 0 saturated carbocycles. The summed E-state index contributed by atoms with van der Waals surface area (Å²) in [5.74, 6) is -0.800. The van der Waals surface area contributed by atoms with Gasteiger partial charge in [0.05, 0.1) is 12.8 Å². The van der Waals surface area contributed by atoms with Crippen LogP contribution in [0, 0.1) is 5.92 Å². The summed E-state index contributed by atoms with van der Waals surface area (Å²) in [6.07, 6.45) is 1.62. The Kier molecular flexibility index (Phi) is 2.75. The lowest BCUT2D eigenvalue weighted by atomic mass is 10.0. The Morgan fingerprint density at radius 2 is 2.27 bits per heavy atom. The molecule has 0 radical (unpaired) electrons. The lowest BCUT2D eigenvalue weighted by Crippen LogP contribution is -2.55. The molecule has 2 rings (SSSR count). The molecule has 0 bridgehead atoms. The fourth-order valence-electron chi connectivity index (χ4n) is 2.27. The molecule has 3 atom stereocenters. The molecule has 15 heavy (non-hydrogen) atoms. The van der Waals surface area contributed by atoms with E-state index in [0.29, 0.717) is 0 Å². The lowest BCUT2D eigenvalue weighted by Gasteiger charge is -2.36. The molecule has 2 saturated heterocycles. The summed E-state index contributed by atoms with van der Waals surface area (Å²) in [6, 6.07) is 0. The molecule has 0 aromatic heterocycles. The van der Waals surface area contributed by atoms with Gasteiger partial charge in [-0.25, -0.2) is 0 Å². The van der Waals surface area contributed by atoms with Gasteiger partial charge in [0.15, 0.2) is 0 Å². The molecule has 2 fully saturated rings. The van der Waals surface area contributed by atoms with Gasteiger partial charge in [-0.3, -0.25) is 9.59 Å². The molecule has 5 heteroatoms. The minimum atomic E-state index is -0.602. The van der Waals surface area contributed by atoms with E-state index in [1.165, 1.54) is 6.92 Å². The summed E-state index contributed by atoms with van der Waals surface area (Å²) in [6.45, 7) is 1.68. The number of amides is 1. The van der Waals surface area contributed by atoms with Crippen LogP contribution in [0.3, 0.4) is 0 Å². The molecule has 84 valence electrons. The summed E-state index contributed by atoms with van der Waals surface area (Å²) >= 11 is 0. The summed E-state index contributed by atoms with van der Waals surface area (Å²) in [5.41, 5.74) is 0. The maximum absolute atomic E-state index is 12.0. The van der Waals surface area contributed by atoms with Crippen molar-refractivity contribution >= 4 is 11.7 Å². The average Bonchev–Trinajstić information content (AvgIpc) is 2.61. The molecular formula is C10H16N2O3. The van der Waals surface area contributed by atoms with Gasteiger partial charge >= 0.3 is 0 Å². The van der Waals surface area contributed by atoms with Crippen LogP contribution in [-0.2, 0) is 14.3 Å². The normalized spacial score (nSPS) is 35.5. The number of rotatable bonds is 2. The Bertz CT molecular complexity index is 286. The van der Waals surface area contributed by atoms with Crippen LogP contribution in [-0.4, -0.2) is 42.6 Å². The minimum Gasteiger partial charge on any atom is -0.357 e. The summed E-state index contributed by atoms with van der Waals surface area (Å²) in [7, 11) is 1.82. The molecule has 1 amide bonds. The second-order valence-corrected chi connectivity index (χ2v) is 4.08. The zero-order valence-corrected chi connectivity index (χ0v) is 9.03. The van der Waals surface area contributed by atoms with Crippen molar-refractivity contribution in [2.45, 2.75) is 32.2 Å². The first-order valence-corrected chi connectivity index (χ1v) is 5.26. The highest BCUT2D eigenvalue weighted by atomic mass is 16.5. The van der Waals surface area contributed by atoms with Crippen molar-refractivity contribution in [3.05, 3.63) is 0 Å². The smallest absolute Gasteiger partial charge is 0.238 e. The molecule has 0 aliphatic carbocycles. The third-order valence-electron chi connectivity index (χ3n) is 3.16. The third kappa shape index (κ3) is 1.66. The first kappa shape index (κ1) is 10.6. The van der Waals surface area contributed by atoms with E-state index >= 15 is 0 Å². The highest BCUT2D eigenvalue weighted by Crippen LogP contribution is 2.29. The van der Waals surface area contributed by atoms with E-state index in [-0.39, 0.29) is 30.7 Å². The highest BCUT2D eigenvalue weighted by molar-refractivity contribution is 6.01. The number of hydrogen-bond acceptors (Lipinski definition) is 4. The standard InChI is InChI=1S/C10H16N2O3/c1-6(13)7-5-15-9-4-3-8(11-2)12(9)10(7)14/h7-9,11H,3-5H2,1-2H3. The summed E-state index contributed by atoms with van der Waals surface area (Å²) in [5, 5.41) is 3.07. The van der Waals surface area contributed by atoms with Gasteiger partial charge in [0, 0.05) is 0 Å². The molecular weight excluding hydrogens is 196 g/mol. The fraction of sp³-hybridized carbons (Fsp3) is 0.800. The maximum atomic E-state index is 12.0. The number of nitrogens with zero attached hydrogens (tertiary/aromatic N) is 1. The van der Waals surface area contributed by atoms with E-state index in [2.05, 4.69) is 5.32 Å². The van der Waals surface area contributed by atoms with Crippen LogP contribution < -0.4 is 5.32 Å². The van der Waals surface area contributed by atoms with Crippen LogP contribution in [0.2, 0.25) is 0 Å². The molecule has 5 nitrogen and oxygen atoms in total. The fourth-order valence-corrected chi connectivity index (χ4v) is 2.27. The van der Waals surface area contributed by atoms with Gasteiger partial charge in [0.1, 0.15) is 17.9 Å². The second kappa shape index (κ2) is 3.90. The van der Waals surface area contributed by atoms with Gasteiger partial charge in [-0.05, 0) is 26.8 Å². The van der Waals surface area contributed by atoms with Crippen molar-refractivity contribution in [3.63, 3.8) is 0 Å². The Morgan fingerprint density at radius 1 is 1.53 bits per heavy atom. The lowest BCUT2D eigenvalue weighted by molar-refractivity contribution is -0.171. The molecule has 2 aliphatic rings. The number of carbonyl (C=O) groups is 2. The van der Waals surface area contributed by atoms with Crippen molar-refractivity contribution in [1.29, 1.82) is 0 Å². The molecule has 2 aliphatic heterocycles. The number of carbonyl (C=O) groups excluding carboxylic acids is 2. The van der Waals surface area contributed by atoms with Gasteiger partial charge in [-0.2, -0.15) is 0 Å². The molecule has 0 aromatic rings. The Balaban J connectivity index is 2.17. The number of fused-ring (bicyclic) bond motifs is 1. The number of ether oxygens (including phenoxy) is 1. The predicted molar refractivity (Wildman–Crippen MR) is 52.8 cm³/mol. The number of ketones is 1. The predicted octanol–water partition coefficient (Wildman–Crippen LogP) is -0.284. The van der Waals surface area contributed by atoms with Crippen molar-refractivity contribution in [3.8, 4) is 0 Å². The summed E-state index contributed by atoms with van der Waals surface area (Å²) < 4.78 is 5.52. The van der Waals surface area contributed by atoms with E-state index in [9.17, 15) is 9.59 Å². The van der Waals surface area contributed by atoms with Crippen molar-refractivity contribution in [1.82, 2.24) is 10.2 Å². The monoisotopic (exact) mass is 212 g/mol. The van der Waals surface area contributed by atoms with Crippen LogP contribution in [0.15, 0.2) is 0 Å². The van der Waals surface area contributed by atoms with Crippen LogP contribution in [0.1, 0.15) is 19.8 Å². The van der Waals surface area contributed by atoms with E-state index < -0.39 is 5.92 Å².